The standard InChI is InChI=1S/C21H28N6O3/c1-13-7-25(8-14(2)30-13)11-16-3-4-19-17-5-15(10-27(19)20(16)28)9-26(12-17)21(29)18-6-22-24-23-18/h3-4,6,13-15,17H,5,7-12H2,1-2H3,(H,22,23,24)/t13-,14+,15-,17+/m0/s1. The fourth-order valence-electron chi connectivity index (χ4n) is 5.40. The number of carbonyl (C=O) groups is 1. The molecule has 2 aromatic rings. The second kappa shape index (κ2) is 7.63. The zero-order valence-electron chi connectivity index (χ0n) is 17.5. The number of amides is 1. The Hall–Kier alpha value is -2.52. The molecule has 2 saturated heterocycles. The highest BCUT2D eigenvalue weighted by atomic mass is 16.5. The van der Waals surface area contributed by atoms with Gasteiger partial charge in [0.2, 0.25) is 0 Å². The molecule has 9 nitrogen and oxygen atoms in total. The van der Waals surface area contributed by atoms with Crippen molar-refractivity contribution in [1.29, 1.82) is 0 Å². The zero-order valence-corrected chi connectivity index (χ0v) is 17.5. The molecule has 2 fully saturated rings. The summed E-state index contributed by atoms with van der Waals surface area (Å²) >= 11 is 0. The van der Waals surface area contributed by atoms with E-state index in [2.05, 4.69) is 40.2 Å². The Kier molecular flexibility index (Phi) is 4.94. The zero-order chi connectivity index (χ0) is 20.8. The lowest BCUT2D eigenvalue weighted by Gasteiger charge is -2.42. The first-order chi connectivity index (χ1) is 14.5. The molecule has 0 aromatic carbocycles. The van der Waals surface area contributed by atoms with Crippen LogP contribution in [0.15, 0.2) is 23.1 Å². The molecule has 2 aromatic heterocycles. The molecule has 3 aliphatic heterocycles. The monoisotopic (exact) mass is 412 g/mol. The SMILES string of the molecule is C[C@@H]1CN(Cc2ccc3n(c2=O)C[C@H]2C[C@@H]3CN(C(=O)c3cn[nH]n3)C2)C[C@H](C)O1. The second-order valence-electron chi connectivity index (χ2n) is 9.01. The van der Waals surface area contributed by atoms with Crippen LogP contribution in [0.4, 0.5) is 0 Å². The van der Waals surface area contributed by atoms with Crippen LogP contribution in [-0.4, -0.2) is 74.1 Å². The van der Waals surface area contributed by atoms with Crippen molar-refractivity contribution in [3.8, 4) is 0 Å². The molecule has 0 radical (unpaired) electrons. The molecule has 30 heavy (non-hydrogen) atoms. The fraction of sp³-hybridized carbons (Fsp3) is 0.619. The molecule has 0 spiro atoms. The lowest BCUT2D eigenvalue weighted by Crippen LogP contribution is -2.50. The highest BCUT2D eigenvalue weighted by Crippen LogP contribution is 2.35. The maximum Gasteiger partial charge on any atom is 0.276 e. The van der Waals surface area contributed by atoms with Crippen LogP contribution < -0.4 is 5.56 Å². The first-order valence-electron chi connectivity index (χ1n) is 10.7. The molecule has 3 aliphatic rings. The van der Waals surface area contributed by atoms with Crippen molar-refractivity contribution < 1.29 is 9.53 Å². The lowest BCUT2D eigenvalue weighted by molar-refractivity contribution is -0.0706. The molecule has 5 rings (SSSR count). The van der Waals surface area contributed by atoms with E-state index >= 15 is 0 Å². The van der Waals surface area contributed by atoms with E-state index in [9.17, 15) is 9.59 Å². The van der Waals surface area contributed by atoms with E-state index in [1.54, 1.807) is 0 Å². The molecular weight excluding hydrogens is 384 g/mol. The van der Waals surface area contributed by atoms with Gasteiger partial charge in [0.1, 0.15) is 0 Å². The van der Waals surface area contributed by atoms with Gasteiger partial charge in [0.25, 0.3) is 11.5 Å². The van der Waals surface area contributed by atoms with Crippen LogP contribution in [0.3, 0.4) is 0 Å². The Morgan fingerprint density at radius 3 is 2.70 bits per heavy atom. The molecule has 0 unspecified atom stereocenters. The maximum atomic E-state index is 13.3. The van der Waals surface area contributed by atoms with Gasteiger partial charge in [-0.2, -0.15) is 15.4 Å². The predicted octanol–water partition coefficient (Wildman–Crippen LogP) is 0.835. The molecule has 1 N–H and O–H groups in total. The number of hydrogen-bond donors (Lipinski definition) is 1. The van der Waals surface area contributed by atoms with Crippen LogP contribution in [0.2, 0.25) is 0 Å². The number of likely N-dealkylation sites (tertiary alicyclic amines) is 1. The smallest absolute Gasteiger partial charge is 0.276 e. The predicted molar refractivity (Wildman–Crippen MR) is 109 cm³/mol. The summed E-state index contributed by atoms with van der Waals surface area (Å²) in [5.74, 6) is 0.364. The van der Waals surface area contributed by atoms with Gasteiger partial charge >= 0.3 is 0 Å². The van der Waals surface area contributed by atoms with Crippen LogP contribution in [-0.2, 0) is 17.8 Å². The summed E-state index contributed by atoms with van der Waals surface area (Å²) in [6, 6.07) is 4.08. The molecule has 2 bridgehead atoms. The summed E-state index contributed by atoms with van der Waals surface area (Å²) in [5, 5.41) is 10.2. The lowest BCUT2D eigenvalue weighted by atomic mass is 9.83. The number of aromatic amines is 1. The van der Waals surface area contributed by atoms with E-state index in [4.69, 9.17) is 4.74 Å². The van der Waals surface area contributed by atoms with Crippen LogP contribution in [0.1, 0.15) is 47.9 Å². The minimum Gasteiger partial charge on any atom is -0.373 e. The summed E-state index contributed by atoms with van der Waals surface area (Å²) in [5.41, 5.74) is 2.35. The van der Waals surface area contributed by atoms with Gasteiger partial charge in [0.05, 0.1) is 18.4 Å². The Bertz CT molecular complexity index is 977. The number of morpholine rings is 1. The van der Waals surface area contributed by atoms with E-state index in [0.717, 1.165) is 30.8 Å². The fourth-order valence-corrected chi connectivity index (χ4v) is 5.40. The van der Waals surface area contributed by atoms with Crippen LogP contribution >= 0.6 is 0 Å². The number of H-pyrrole nitrogens is 1. The van der Waals surface area contributed by atoms with Crippen LogP contribution in [0.5, 0.6) is 0 Å². The number of piperidine rings is 1. The van der Waals surface area contributed by atoms with Gasteiger partial charge in [-0.1, -0.05) is 6.07 Å². The number of hydrogen-bond acceptors (Lipinski definition) is 6. The van der Waals surface area contributed by atoms with Crippen LogP contribution in [0, 0.1) is 5.92 Å². The van der Waals surface area contributed by atoms with Gasteiger partial charge in [-0.05, 0) is 32.3 Å². The number of fused-ring (bicyclic) bond motifs is 4. The van der Waals surface area contributed by atoms with Crippen molar-refractivity contribution in [2.24, 2.45) is 5.92 Å². The molecule has 9 heteroatoms. The van der Waals surface area contributed by atoms with E-state index < -0.39 is 0 Å². The average Bonchev–Trinajstić information content (AvgIpc) is 3.24. The summed E-state index contributed by atoms with van der Waals surface area (Å²) < 4.78 is 7.77. The minimum absolute atomic E-state index is 0.0959. The molecule has 0 saturated carbocycles. The van der Waals surface area contributed by atoms with Crippen molar-refractivity contribution in [2.45, 2.75) is 51.5 Å². The van der Waals surface area contributed by atoms with Gasteiger partial charge in [-0.15, -0.1) is 0 Å². The number of pyridine rings is 1. The summed E-state index contributed by atoms with van der Waals surface area (Å²) in [7, 11) is 0. The number of ether oxygens (including phenoxy) is 1. The third-order valence-corrected chi connectivity index (χ3v) is 6.49. The highest BCUT2D eigenvalue weighted by molar-refractivity contribution is 5.92. The normalized spacial score (nSPS) is 28.9. The van der Waals surface area contributed by atoms with E-state index in [1.165, 1.54) is 6.20 Å². The van der Waals surface area contributed by atoms with Gasteiger partial charge < -0.3 is 14.2 Å². The molecule has 0 aliphatic carbocycles. The molecule has 1 amide bonds. The topological polar surface area (TPSA) is 96.4 Å². The average molecular weight is 412 g/mol. The van der Waals surface area contributed by atoms with Gasteiger partial charge in [-0.3, -0.25) is 14.5 Å². The first-order valence-corrected chi connectivity index (χ1v) is 10.7. The minimum atomic E-state index is -0.0959. The third kappa shape index (κ3) is 3.56. The van der Waals surface area contributed by atoms with Gasteiger partial charge in [0, 0.05) is 56.4 Å². The number of nitrogens with one attached hydrogen (secondary N) is 1. The van der Waals surface area contributed by atoms with Gasteiger partial charge in [-0.25, -0.2) is 0 Å². The Morgan fingerprint density at radius 1 is 1.17 bits per heavy atom. The molecule has 4 atom stereocenters. The summed E-state index contributed by atoms with van der Waals surface area (Å²) in [6.45, 7) is 8.42. The van der Waals surface area contributed by atoms with Gasteiger partial charge in [0.15, 0.2) is 5.69 Å². The molecular formula is C21H28N6O3. The second-order valence-corrected chi connectivity index (χ2v) is 9.01. The van der Waals surface area contributed by atoms with Crippen molar-refractivity contribution in [2.75, 3.05) is 26.2 Å². The van der Waals surface area contributed by atoms with E-state index in [1.807, 2.05) is 15.5 Å². The molecule has 160 valence electrons. The van der Waals surface area contributed by atoms with E-state index in [-0.39, 0.29) is 35.5 Å². The maximum absolute atomic E-state index is 13.3. The number of carbonyl (C=O) groups excluding carboxylic acids is 1. The largest absolute Gasteiger partial charge is 0.373 e. The Labute approximate surface area is 175 Å². The van der Waals surface area contributed by atoms with Crippen molar-refractivity contribution >= 4 is 5.91 Å². The van der Waals surface area contributed by atoms with Crippen molar-refractivity contribution in [3.63, 3.8) is 0 Å². The highest BCUT2D eigenvalue weighted by Gasteiger charge is 2.37. The van der Waals surface area contributed by atoms with Crippen molar-refractivity contribution in [3.05, 3.63) is 45.6 Å². The number of aromatic nitrogens is 4. The van der Waals surface area contributed by atoms with E-state index in [0.29, 0.717) is 31.9 Å². The summed E-state index contributed by atoms with van der Waals surface area (Å²) in [6.07, 6.45) is 2.84. The molecule has 5 heterocycles. The quantitative estimate of drug-likeness (QED) is 0.802. The Balaban J connectivity index is 1.36. The first kappa shape index (κ1) is 19.4. The summed E-state index contributed by atoms with van der Waals surface area (Å²) in [4.78, 5) is 30.2. The third-order valence-electron chi connectivity index (χ3n) is 6.49. The Morgan fingerprint density at radius 2 is 1.97 bits per heavy atom. The number of nitrogens with zero attached hydrogens (tertiary/aromatic N) is 5. The number of rotatable bonds is 3. The van der Waals surface area contributed by atoms with Crippen molar-refractivity contribution in [1.82, 2.24) is 29.8 Å². The van der Waals surface area contributed by atoms with Crippen LogP contribution in [0.25, 0.3) is 0 Å².